The molecule has 0 radical (unpaired) electrons. The number of thiophene rings is 1. The van der Waals surface area contributed by atoms with E-state index in [1.54, 1.807) is 0 Å². The van der Waals surface area contributed by atoms with Crippen molar-refractivity contribution < 1.29 is 9.53 Å². The standard InChI is InChI=1S/C20H24N2O2S/c23-20(14-22-11-9-19-15(13-22)10-12-25-19)21-17-7-4-8-18(17)24-16-5-2-1-3-6-16/h1-3,5-6,10,12,17-18H,4,7-9,11,13-14H2,(H,21,23)/t17-,18+/m1/s1. The molecule has 1 saturated carbocycles. The molecule has 0 unspecified atom stereocenters. The van der Waals surface area contributed by atoms with E-state index in [2.05, 4.69) is 21.7 Å². The van der Waals surface area contributed by atoms with Gasteiger partial charge >= 0.3 is 0 Å². The summed E-state index contributed by atoms with van der Waals surface area (Å²) in [5.74, 6) is 1.00. The van der Waals surface area contributed by atoms with E-state index in [0.29, 0.717) is 6.54 Å². The van der Waals surface area contributed by atoms with Crippen LogP contribution in [-0.2, 0) is 17.8 Å². The number of fused-ring (bicyclic) bond motifs is 1. The molecule has 25 heavy (non-hydrogen) atoms. The minimum Gasteiger partial charge on any atom is -0.488 e. The van der Waals surface area contributed by atoms with Crippen molar-refractivity contribution in [3.8, 4) is 5.75 Å². The molecule has 1 aliphatic heterocycles. The second-order valence-corrected chi connectivity index (χ2v) is 7.90. The summed E-state index contributed by atoms with van der Waals surface area (Å²) in [7, 11) is 0. The molecule has 2 heterocycles. The number of carbonyl (C=O) groups is 1. The van der Waals surface area contributed by atoms with E-state index < -0.39 is 0 Å². The summed E-state index contributed by atoms with van der Waals surface area (Å²) in [6.45, 7) is 2.33. The summed E-state index contributed by atoms with van der Waals surface area (Å²) in [6.07, 6.45) is 4.24. The first-order valence-electron chi connectivity index (χ1n) is 9.06. The Hall–Kier alpha value is -1.85. The van der Waals surface area contributed by atoms with Crippen molar-refractivity contribution >= 4 is 17.2 Å². The Morgan fingerprint density at radius 1 is 1.24 bits per heavy atom. The zero-order chi connectivity index (χ0) is 17.1. The molecule has 1 N–H and O–H groups in total. The van der Waals surface area contributed by atoms with Crippen molar-refractivity contribution in [2.24, 2.45) is 0 Å². The summed E-state index contributed by atoms with van der Waals surface area (Å²) in [4.78, 5) is 16.2. The minimum absolute atomic E-state index is 0.0798. The first-order valence-corrected chi connectivity index (χ1v) is 9.94. The molecule has 1 aliphatic carbocycles. The number of ether oxygens (including phenoxy) is 1. The maximum Gasteiger partial charge on any atom is 0.234 e. The number of nitrogens with one attached hydrogen (secondary N) is 1. The summed E-state index contributed by atoms with van der Waals surface area (Å²) in [5, 5.41) is 5.36. The Morgan fingerprint density at radius 3 is 3.00 bits per heavy atom. The van der Waals surface area contributed by atoms with Crippen LogP contribution >= 0.6 is 11.3 Å². The summed E-state index contributed by atoms with van der Waals surface area (Å²) in [5.41, 5.74) is 1.38. The van der Waals surface area contributed by atoms with Gasteiger partial charge in [0.25, 0.3) is 0 Å². The third kappa shape index (κ3) is 4.05. The number of amides is 1. The lowest BCUT2D eigenvalue weighted by molar-refractivity contribution is -0.123. The van der Waals surface area contributed by atoms with Gasteiger partial charge in [-0.2, -0.15) is 0 Å². The van der Waals surface area contributed by atoms with Crippen LogP contribution in [0.1, 0.15) is 29.7 Å². The molecular weight excluding hydrogens is 332 g/mol. The number of carbonyl (C=O) groups excluding carboxylic acids is 1. The van der Waals surface area contributed by atoms with Crippen molar-refractivity contribution in [1.82, 2.24) is 10.2 Å². The average Bonchev–Trinajstić information content (AvgIpc) is 3.25. The summed E-state index contributed by atoms with van der Waals surface area (Å²) >= 11 is 1.83. The highest BCUT2D eigenvalue weighted by Gasteiger charge is 2.31. The maximum atomic E-state index is 12.5. The minimum atomic E-state index is 0.0798. The molecule has 2 aliphatic rings. The molecular formula is C20H24N2O2S. The second kappa shape index (κ2) is 7.58. The van der Waals surface area contributed by atoms with Crippen LogP contribution in [0.5, 0.6) is 5.75 Å². The average molecular weight is 356 g/mol. The van der Waals surface area contributed by atoms with Crippen molar-refractivity contribution in [1.29, 1.82) is 0 Å². The monoisotopic (exact) mass is 356 g/mol. The van der Waals surface area contributed by atoms with Gasteiger partial charge in [-0.15, -0.1) is 11.3 Å². The number of para-hydroxylation sites is 1. The van der Waals surface area contributed by atoms with Crippen molar-refractivity contribution in [2.45, 2.75) is 44.4 Å². The van der Waals surface area contributed by atoms with Gasteiger partial charge in [-0.25, -0.2) is 0 Å². The van der Waals surface area contributed by atoms with Crippen LogP contribution in [0.15, 0.2) is 41.8 Å². The molecule has 132 valence electrons. The maximum absolute atomic E-state index is 12.5. The summed E-state index contributed by atoms with van der Waals surface area (Å²) < 4.78 is 6.09. The topological polar surface area (TPSA) is 41.6 Å². The van der Waals surface area contributed by atoms with Crippen molar-refractivity contribution in [3.63, 3.8) is 0 Å². The van der Waals surface area contributed by atoms with E-state index in [1.807, 2.05) is 41.7 Å². The van der Waals surface area contributed by atoms with Crippen molar-refractivity contribution in [3.05, 3.63) is 52.2 Å². The highest BCUT2D eigenvalue weighted by molar-refractivity contribution is 7.10. The second-order valence-electron chi connectivity index (χ2n) is 6.90. The van der Waals surface area contributed by atoms with Gasteiger partial charge < -0.3 is 10.1 Å². The van der Waals surface area contributed by atoms with Crippen LogP contribution in [0.3, 0.4) is 0 Å². The molecule has 4 rings (SSSR count). The largest absolute Gasteiger partial charge is 0.488 e. The molecule has 5 heteroatoms. The fourth-order valence-corrected chi connectivity index (χ4v) is 4.69. The molecule has 1 amide bonds. The van der Waals surface area contributed by atoms with E-state index >= 15 is 0 Å². The number of nitrogens with zero attached hydrogens (tertiary/aromatic N) is 1. The lowest BCUT2D eigenvalue weighted by atomic mass is 10.1. The molecule has 2 aromatic rings. The first-order chi connectivity index (χ1) is 12.3. The Morgan fingerprint density at radius 2 is 2.12 bits per heavy atom. The predicted octanol–water partition coefficient (Wildman–Crippen LogP) is 3.22. The van der Waals surface area contributed by atoms with Crippen molar-refractivity contribution in [2.75, 3.05) is 13.1 Å². The van der Waals surface area contributed by atoms with E-state index in [4.69, 9.17) is 4.74 Å². The van der Waals surface area contributed by atoms with Gasteiger partial charge in [0.2, 0.25) is 5.91 Å². The van der Waals surface area contributed by atoms with Gasteiger partial charge in [-0.05, 0) is 54.8 Å². The SMILES string of the molecule is O=C(CN1CCc2sccc2C1)N[C@@H]1CCC[C@@H]1Oc1ccccc1. The molecule has 1 aromatic heterocycles. The van der Waals surface area contributed by atoms with Crippen LogP contribution < -0.4 is 10.1 Å². The van der Waals surface area contributed by atoms with E-state index in [-0.39, 0.29) is 18.1 Å². The third-order valence-electron chi connectivity index (χ3n) is 5.08. The van der Waals surface area contributed by atoms with Gasteiger partial charge in [0.05, 0.1) is 12.6 Å². The Kier molecular flexibility index (Phi) is 5.04. The Balaban J connectivity index is 1.30. The van der Waals surface area contributed by atoms with Gasteiger partial charge in [0, 0.05) is 18.0 Å². The van der Waals surface area contributed by atoms with E-state index in [9.17, 15) is 4.79 Å². The zero-order valence-corrected chi connectivity index (χ0v) is 15.1. The predicted molar refractivity (Wildman–Crippen MR) is 99.9 cm³/mol. The fraction of sp³-hybridized carbons (Fsp3) is 0.450. The summed E-state index contributed by atoms with van der Waals surface area (Å²) in [6, 6.07) is 12.2. The van der Waals surface area contributed by atoms with Gasteiger partial charge in [0.1, 0.15) is 11.9 Å². The molecule has 1 fully saturated rings. The van der Waals surface area contributed by atoms with Gasteiger partial charge in [0.15, 0.2) is 0 Å². The molecule has 0 bridgehead atoms. The lowest BCUT2D eigenvalue weighted by Crippen LogP contribution is -2.47. The third-order valence-corrected chi connectivity index (χ3v) is 6.11. The van der Waals surface area contributed by atoms with Crippen LogP contribution in [0.4, 0.5) is 0 Å². The highest BCUT2D eigenvalue weighted by atomic mass is 32.1. The normalized spacial score (nSPS) is 23.2. The number of hydrogen-bond acceptors (Lipinski definition) is 4. The molecule has 4 nitrogen and oxygen atoms in total. The van der Waals surface area contributed by atoms with Gasteiger partial charge in [-0.1, -0.05) is 18.2 Å². The molecule has 1 aromatic carbocycles. The molecule has 0 saturated heterocycles. The first kappa shape index (κ1) is 16.6. The van der Waals surface area contributed by atoms with Crippen LogP contribution in [-0.4, -0.2) is 36.0 Å². The van der Waals surface area contributed by atoms with E-state index in [0.717, 1.165) is 44.5 Å². The number of benzene rings is 1. The number of hydrogen-bond donors (Lipinski definition) is 1. The molecule has 0 spiro atoms. The van der Waals surface area contributed by atoms with Crippen LogP contribution in [0.25, 0.3) is 0 Å². The zero-order valence-electron chi connectivity index (χ0n) is 14.3. The quantitative estimate of drug-likeness (QED) is 0.894. The van der Waals surface area contributed by atoms with Crippen LogP contribution in [0, 0.1) is 0 Å². The lowest BCUT2D eigenvalue weighted by Gasteiger charge is -2.28. The van der Waals surface area contributed by atoms with Gasteiger partial charge in [-0.3, -0.25) is 9.69 Å². The fourth-order valence-electron chi connectivity index (χ4n) is 3.80. The Labute approximate surface area is 152 Å². The van der Waals surface area contributed by atoms with E-state index in [1.165, 1.54) is 10.4 Å². The molecule has 2 atom stereocenters. The van der Waals surface area contributed by atoms with Crippen LogP contribution in [0.2, 0.25) is 0 Å². The number of rotatable bonds is 5. The smallest absolute Gasteiger partial charge is 0.234 e. The highest BCUT2D eigenvalue weighted by Crippen LogP contribution is 2.26. The Bertz CT molecular complexity index is 715.